The molecule has 0 atom stereocenters. The first-order valence-corrected chi connectivity index (χ1v) is 9.21. The number of nitrogens with zero attached hydrogens (tertiary/aromatic N) is 1. The molecule has 25 heavy (non-hydrogen) atoms. The molecular formula is C15H12BrFN2O5S. The lowest BCUT2D eigenvalue weighted by atomic mass is 10.1. The second-order valence-corrected chi connectivity index (χ2v) is 7.51. The van der Waals surface area contributed by atoms with Crippen molar-refractivity contribution in [3.05, 3.63) is 68.4 Å². The minimum Gasteiger partial charge on any atom is -0.274 e. The highest BCUT2D eigenvalue weighted by atomic mass is 79.9. The van der Waals surface area contributed by atoms with Gasteiger partial charge in [-0.15, -0.1) is 0 Å². The van der Waals surface area contributed by atoms with Crippen LogP contribution in [0.4, 0.5) is 10.1 Å². The Hall–Kier alpha value is -2.33. The third-order valence-electron chi connectivity index (χ3n) is 3.22. The normalized spacial score (nSPS) is 11.1. The van der Waals surface area contributed by atoms with E-state index in [0.717, 1.165) is 11.6 Å². The molecule has 1 amide bonds. The van der Waals surface area contributed by atoms with Crippen molar-refractivity contribution in [3.63, 3.8) is 0 Å². The molecule has 0 heterocycles. The molecule has 0 radical (unpaired) electrons. The minimum absolute atomic E-state index is 0.126. The first kappa shape index (κ1) is 19.0. The number of benzene rings is 2. The van der Waals surface area contributed by atoms with Crippen LogP contribution in [0.15, 0.2) is 51.8 Å². The first-order chi connectivity index (χ1) is 11.7. The van der Waals surface area contributed by atoms with Gasteiger partial charge in [-0.25, -0.2) is 17.5 Å². The van der Waals surface area contributed by atoms with Gasteiger partial charge >= 0.3 is 0 Å². The third-order valence-corrected chi connectivity index (χ3v) is 5.23. The third kappa shape index (κ3) is 4.83. The van der Waals surface area contributed by atoms with E-state index in [0.29, 0.717) is 12.5 Å². The molecule has 1 N–H and O–H groups in total. The fraction of sp³-hybridized carbons (Fsp3) is 0.133. The van der Waals surface area contributed by atoms with Crippen LogP contribution >= 0.6 is 15.9 Å². The number of amides is 1. The number of sulfonamides is 1. The summed E-state index contributed by atoms with van der Waals surface area (Å²) in [6, 6.07) is 10.2. The topological polar surface area (TPSA) is 106 Å². The zero-order valence-corrected chi connectivity index (χ0v) is 15.0. The smallest absolute Gasteiger partial charge is 0.274 e. The van der Waals surface area contributed by atoms with Gasteiger partial charge < -0.3 is 0 Å². The van der Waals surface area contributed by atoms with E-state index < -0.39 is 37.3 Å². The van der Waals surface area contributed by atoms with E-state index in [9.17, 15) is 27.7 Å². The first-order valence-electron chi connectivity index (χ1n) is 6.93. The van der Waals surface area contributed by atoms with Crippen molar-refractivity contribution < 1.29 is 22.5 Å². The van der Waals surface area contributed by atoms with Crippen molar-refractivity contribution in [3.8, 4) is 0 Å². The number of hydrogen-bond acceptors (Lipinski definition) is 5. The maximum Gasteiger partial charge on any atom is 0.292 e. The van der Waals surface area contributed by atoms with Crippen LogP contribution in [0.3, 0.4) is 0 Å². The van der Waals surface area contributed by atoms with Crippen LogP contribution < -0.4 is 4.72 Å². The summed E-state index contributed by atoms with van der Waals surface area (Å²) in [4.78, 5) is 21.0. The Labute approximate surface area is 151 Å². The van der Waals surface area contributed by atoms with Gasteiger partial charge in [0.05, 0.1) is 15.5 Å². The molecular weight excluding hydrogens is 419 g/mol. The summed E-state index contributed by atoms with van der Waals surface area (Å²) in [7, 11) is -4.52. The van der Waals surface area contributed by atoms with Gasteiger partial charge in [0.2, 0.25) is 5.91 Å². The Balaban J connectivity index is 2.20. The van der Waals surface area contributed by atoms with Crippen LogP contribution in [0.2, 0.25) is 0 Å². The summed E-state index contributed by atoms with van der Waals surface area (Å²) in [6.07, 6.45) is 0.177. The predicted molar refractivity (Wildman–Crippen MR) is 90.8 cm³/mol. The van der Waals surface area contributed by atoms with Crippen molar-refractivity contribution in [2.45, 2.75) is 17.7 Å². The summed E-state index contributed by atoms with van der Waals surface area (Å²) < 4.78 is 39.5. The number of carbonyl (C=O) groups excluding carboxylic acids is 1. The van der Waals surface area contributed by atoms with Crippen LogP contribution in [0.25, 0.3) is 0 Å². The Morgan fingerprint density at radius 3 is 2.48 bits per heavy atom. The highest BCUT2D eigenvalue weighted by Crippen LogP contribution is 2.29. The number of aryl methyl sites for hydroxylation is 1. The highest BCUT2D eigenvalue weighted by molar-refractivity contribution is 9.10. The number of carbonyl (C=O) groups is 1. The highest BCUT2D eigenvalue weighted by Gasteiger charge is 2.29. The van der Waals surface area contributed by atoms with Crippen LogP contribution in [0.5, 0.6) is 0 Å². The zero-order valence-electron chi connectivity index (χ0n) is 12.6. The van der Waals surface area contributed by atoms with Crippen molar-refractivity contribution in [1.29, 1.82) is 0 Å². The molecule has 2 aromatic carbocycles. The average molecular weight is 431 g/mol. The van der Waals surface area contributed by atoms with Crippen molar-refractivity contribution >= 4 is 37.5 Å². The molecule has 132 valence electrons. The SMILES string of the molecule is O=C(CCc1ccccc1)NS(=O)(=O)c1cc(Br)c(F)cc1[N+](=O)[O-]. The zero-order chi connectivity index (χ0) is 18.6. The Morgan fingerprint density at radius 2 is 1.88 bits per heavy atom. The number of halogens is 2. The molecule has 0 fully saturated rings. The standard InChI is InChI=1S/C15H12BrFN2O5S/c16-11-8-14(13(19(21)22)9-12(11)17)25(23,24)18-15(20)7-6-10-4-2-1-3-5-10/h1-5,8-9H,6-7H2,(H,18,20). The molecule has 0 aliphatic rings. The Bertz CT molecular complexity index is 919. The van der Waals surface area contributed by atoms with Crippen molar-refractivity contribution in [1.82, 2.24) is 4.72 Å². The summed E-state index contributed by atoms with van der Waals surface area (Å²) in [5.41, 5.74) is -0.116. The van der Waals surface area contributed by atoms with Crippen LogP contribution in [-0.2, 0) is 21.2 Å². The number of nitro benzene ring substituents is 1. The molecule has 10 heteroatoms. The fourth-order valence-corrected chi connectivity index (χ4v) is 3.72. The lowest BCUT2D eigenvalue weighted by Crippen LogP contribution is -2.31. The van der Waals surface area contributed by atoms with Gasteiger partial charge in [-0.3, -0.25) is 14.9 Å². The molecule has 0 saturated heterocycles. The fourth-order valence-electron chi connectivity index (χ4n) is 2.03. The van der Waals surface area contributed by atoms with Crippen molar-refractivity contribution in [2.24, 2.45) is 0 Å². The molecule has 7 nitrogen and oxygen atoms in total. The molecule has 0 aliphatic carbocycles. The maximum absolute atomic E-state index is 13.4. The van der Waals surface area contributed by atoms with Gasteiger partial charge in [-0.05, 0) is 34.0 Å². The van der Waals surface area contributed by atoms with Gasteiger partial charge in [-0.2, -0.15) is 0 Å². The monoisotopic (exact) mass is 430 g/mol. The maximum atomic E-state index is 13.4. The van der Waals surface area contributed by atoms with E-state index in [-0.39, 0.29) is 10.9 Å². The number of nitro groups is 1. The van der Waals surface area contributed by atoms with Gasteiger partial charge in [0.1, 0.15) is 5.82 Å². The summed E-state index contributed by atoms with van der Waals surface area (Å²) >= 11 is 2.77. The van der Waals surface area contributed by atoms with Crippen LogP contribution in [0.1, 0.15) is 12.0 Å². The van der Waals surface area contributed by atoms with Gasteiger partial charge in [0.25, 0.3) is 15.7 Å². The average Bonchev–Trinajstić information content (AvgIpc) is 2.55. The van der Waals surface area contributed by atoms with Crippen LogP contribution in [0, 0.1) is 15.9 Å². The quantitative estimate of drug-likeness (QED) is 0.559. The van der Waals surface area contributed by atoms with Gasteiger partial charge in [0.15, 0.2) is 4.90 Å². The molecule has 0 spiro atoms. The molecule has 0 unspecified atom stereocenters. The molecule has 0 saturated carbocycles. The molecule has 0 aromatic heterocycles. The number of hydrogen-bond donors (Lipinski definition) is 1. The largest absolute Gasteiger partial charge is 0.292 e. The number of rotatable bonds is 6. The van der Waals surface area contributed by atoms with Gasteiger partial charge in [-0.1, -0.05) is 30.3 Å². The lowest BCUT2D eigenvalue weighted by Gasteiger charge is -2.08. The minimum atomic E-state index is -4.52. The molecule has 0 aliphatic heterocycles. The summed E-state index contributed by atoms with van der Waals surface area (Å²) in [5.74, 6) is -1.81. The van der Waals surface area contributed by atoms with E-state index in [4.69, 9.17) is 0 Å². The van der Waals surface area contributed by atoms with E-state index >= 15 is 0 Å². The second kappa shape index (κ2) is 7.70. The van der Waals surface area contributed by atoms with E-state index in [1.807, 2.05) is 0 Å². The Kier molecular flexibility index (Phi) is 5.85. The van der Waals surface area contributed by atoms with E-state index in [1.165, 1.54) is 0 Å². The summed E-state index contributed by atoms with van der Waals surface area (Å²) in [5, 5.41) is 11.0. The van der Waals surface area contributed by atoms with E-state index in [2.05, 4.69) is 15.9 Å². The van der Waals surface area contributed by atoms with E-state index in [1.54, 1.807) is 35.1 Å². The second-order valence-electron chi connectivity index (χ2n) is 5.01. The predicted octanol–water partition coefficient (Wildman–Crippen LogP) is 2.93. The number of nitrogens with one attached hydrogen (secondary N) is 1. The lowest BCUT2D eigenvalue weighted by molar-refractivity contribution is -0.388. The van der Waals surface area contributed by atoms with Gasteiger partial charge in [0, 0.05) is 6.42 Å². The molecule has 2 aromatic rings. The molecule has 0 bridgehead atoms. The summed E-state index contributed by atoms with van der Waals surface area (Å²) in [6.45, 7) is 0. The molecule has 2 rings (SSSR count). The Morgan fingerprint density at radius 1 is 1.24 bits per heavy atom. The van der Waals surface area contributed by atoms with Crippen molar-refractivity contribution in [2.75, 3.05) is 0 Å². The van der Waals surface area contributed by atoms with Crippen LogP contribution in [-0.4, -0.2) is 19.2 Å².